The van der Waals surface area contributed by atoms with Crippen molar-refractivity contribution in [3.63, 3.8) is 0 Å². The van der Waals surface area contributed by atoms with Crippen molar-refractivity contribution in [2.24, 2.45) is 0 Å². The predicted molar refractivity (Wildman–Crippen MR) is 124 cm³/mol. The van der Waals surface area contributed by atoms with Crippen molar-refractivity contribution in [2.75, 3.05) is 4.90 Å². The summed E-state index contributed by atoms with van der Waals surface area (Å²) in [4.78, 5) is 28.6. The fraction of sp³-hybridized carbons (Fsp3) is 0.167. The minimum atomic E-state index is -0.675. The van der Waals surface area contributed by atoms with E-state index >= 15 is 0 Å². The highest BCUT2D eigenvalue weighted by Gasteiger charge is 2.47. The van der Waals surface area contributed by atoms with Gasteiger partial charge in [0.1, 0.15) is 11.8 Å². The third-order valence-electron chi connectivity index (χ3n) is 5.30. The van der Waals surface area contributed by atoms with Gasteiger partial charge in [0.15, 0.2) is 0 Å². The van der Waals surface area contributed by atoms with Gasteiger partial charge < -0.3 is 5.11 Å². The van der Waals surface area contributed by atoms with Crippen LogP contribution in [0, 0.1) is 20.8 Å². The van der Waals surface area contributed by atoms with Gasteiger partial charge in [0.25, 0.3) is 11.7 Å². The molecule has 3 aromatic rings. The van der Waals surface area contributed by atoms with Gasteiger partial charge in [0.05, 0.1) is 5.57 Å². The number of hydrogen-bond acceptors (Lipinski definition) is 4. The molecule has 2 heterocycles. The average molecular weight is 482 g/mol. The van der Waals surface area contributed by atoms with Crippen LogP contribution in [0.3, 0.4) is 0 Å². The fourth-order valence-corrected chi connectivity index (χ4v) is 4.89. The zero-order valence-electron chi connectivity index (χ0n) is 16.8. The van der Waals surface area contributed by atoms with Crippen LogP contribution in [-0.2, 0) is 9.59 Å². The number of halogens is 1. The van der Waals surface area contributed by atoms with Gasteiger partial charge in [-0.1, -0.05) is 45.8 Å². The summed E-state index contributed by atoms with van der Waals surface area (Å²) in [5.41, 5.74) is 4.20. The zero-order valence-corrected chi connectivity index (χ0v) is 19.2. The van der Waals surface area contributed by atoms with Crippen molar-refractivity contribution in [1.82, 2.24) is 0 Å². The van der Waals surface area contributed by atoms with Gasteiger partial charge in [0.2, 0.25) is 0 Å². The minimum Gasteiger partial charge on any atom is -0.507 e. The first-order chi connectivity index (χ1) is 14.3. The Hall–Kier alpha value is -2.70. The van der Waals surface area contributed by atoms with Crippen molar-refractivity contribution in [2.45, 2.75) is 26.8 Å². The number of amides is 1. The van der Waals surface area contributed by atoms with Crippen molar-refractivity contribution in [3.8, 4) is 0 Å². The molecule has 2 aromatic carbocycles. The number of aliphatic hydroxyl groups excluding tert-OH is 1. The summed E-state index contributed by atoms with van der Waals surface area (Å²) in [6, 6.07) is 14.2. The predicted octanol–water partition coefficient (Wildman–Crippen LogP) is 6.06. The molecule has 1 fully saturated rings. The van der Waals surface area contributed by atoms with Crippen LogP contribution in [0.1, 0.15) is 33.2 Å². The molecule has 0 radical (unpaired) electrons. The Balaban J connectivity index is 1.95. The molecule has 30 heavy (non-hydrogen) atoms. The Labute approximate surface area is 187 Å². The lowest BCUT2D eigenvalue weighted by Crippen LogP contribution is -2.29. The molecule has 4 rings (SSSR count). The van der Waals surface area contributed by atoms with Crippen LogP contribution in [0.5, 0.6) is 0 Å². The number of carbonyl (C=O) groups is 2. The number of aliphatic hydroxyl groups is 1. The number of carbonyl (C=O) groups excluding carboxylic acids is 2. The first-order valence-electron chi connectivity index (χ1n) is 9.47. The number of rotatable bonds is 3. The van der Waals surface area contributed by atoms with E-state index in [1.807, 2.05) is 62.5 Å². The molecule has 0 aliphatic carbocycles. The molecule has 6 heteroatoms. The lowest BCUT2D eigenvalue weighted by atomic mass is 9.98. The summed E-state index contributed by atoms with van der Waals surface area (Å²) >= 11 is 4.91. The summed E-state index contributed by atoms with van der Waals surface area (Å²) in [5, 5.41) is 13.0. The molecule has 4 nitrogen and oxygen atoms in total. The van der Waals surface area contributed by atoms with Crippen LogP contribution >= 0.6 is 27.3 Å². The summed E-state index contributed by atoms with van der Waals surface area (Å²) in [6.07, 6.45) is 0. The summed E-state index contributed by atoms with van der Waals surface area (Å²) < 4.78 is 0.907. The molecule has 1 amide bonds. The Kier molecular flexibility index (Phi) is 5.38. The van der Waals surface area contributed by atoms with Gasteiger partial charge in [-0.2, -0.15) is 0 Å². The van der Waals surface area contributed by atoms with Gasteiger partial charge in [-0.25, -0.2) is 0 Å². The lowest BCUT2D eigenvalue weighted by molar-refractivity contribution is -0.132. The second-order valence-corrected chi connectivity index (χ2v) is 9.27. The number of thiophene rings is 1. The Morgan fingerprint density at radius 2 is 1.80 bits per heavy atom. The van der Waals surface area contributed by atoms with Crippen LogP contribution in [0.2, 0.25) is 0 Å². The van der Waals surface area contributed by atoms with E-state index in [2.05, 4.69) is 15.9 Å². The third kappa shape index (κ3) is 3.40. The van der Waals surface area contributed by atoms with Crippen molar-refractivity contribution in [3.05, 3.63) is 91.1 Å². The quantitative estimate of drug-likeness (QED) is 0.280. The van der Waals surface area contributed by atoms with E-state index in [0.717, 1.165) is 26.0 Å². The van der Waals surface area contributed by atoms with Gasteiger partial charge in [-0.15, -0.1) is 11.3 Å². The summed E-state index contributed by atoms with van der Waals surface area (Å²) in [7, 11) is 0. The zero-order chi connectivity index (χ0) is 21.6. The van der Waals surface area contributed by atoms with E-state index in [9.17, 15) is 14.7 Å². The molecule has 1 aromatic heterocycles. The molecule has 1 N–H and O–H groups in total. The smallest absolute Gasteiger partial charge is 0.300 e. The normalized spacial score (nSPS) is 18.3. The van der Waals surface area contributed by atoms with Gasteiger partial charge in [-0.3, -0.25) is 14.5 Å². The van der Waals surface area contributed by atoms with E-state index in [1.165, 1.54) is 16.2 Å². The number of hydrogen-bond donors (Lipinski definition) is 1. The molecule has 1 unspecified atom stereocenters. The Morgan fingerprint density at radius 1 is 1.03 bits per heavy atom. The molecule has 1 saturated heterocycles. The van der Waals surface area contributed by atoms with E-state index < -0.39 is 17.7 Å². The van der Waals surface area contributed by atoms with E-state index in [0.29, 0.717) is 11.3 Å². The SMILES string of the molecule is Cc1ccc(N2C(=O)C(=O)/C(=C(\O)c3ccc(Br)c(C)c3)C2c2cccs2)c(C)c1. The highest BCUT2D eigenvalue weighted by molar-refractivity contribution is 9.10. The standard InChI is InChI=1S/C24H20BrNO3S/c1-13-6-9-18(15(3)11-13)26-21(19-5-4-10-30-19)20(23(28)24(26)29)22(27)16-7-8-17(25)14(2)12-16/h4-12,21,27H,1-3H3/b22-20-. The van der Waals surface area contributed by atoms with Crippen LogP contribution in [-0.4, -0.2) is 16.8 Å². The highest BCUT2D eigenvalue weighted by atomic mass is 79.9. The molecule has 152 valence electrons. The van der Waals surface area contributed by atoms with Gasteiger partial charge in [-0.05, 0) is 61.5 Å². The number of aryl methyl sites for hydroxylation is 3. The Bertz CT molecular complexity index is 1200. The molecule has 1 aliphatic rings. The van der Waals surface area contributed by atoms with Gasteiger partial charge >= 0.3 is 0 Å². The monoisotopic (exact) mass is 481 g/mol. The van der Waals surface area contributed by atoms with Crippen LogP contribution < -0.4 is 4.90 Å². The number of anilines is 1. The van der Waals surface area contributed by atoms with Crippen molar-refractivity contribution >= 4 is 50.4 Å². The highest BCUT2D eigenvalue weighted by Crippen LogP contribution is 2.44. The van der Waals surface area contributed by atoms with E-state index in [4.69, 9.17) is 0 Å². The number of ketones is 1. The van der Waals surface area contributed by atoms with Gasteiger partial charge in [0, 0.05) is 20.6 Å². The Morgan fingerprint density at radius 3 is 2.43 bits per heavy atom. The number of nitrogens with zero attached hydrogens (tertiary/aromatic N) is 1. The second kappa shape index (κ2) is 7.85. The fourth-order valence-electron chi connectivity index (χ4n) is 3.82. The molecular formula is C24H20BrNO3S. The lowest BCUT2D eigenvalue weighted by Gasteiger charge is -2.26. The second-order valence-electron chi connectivity index (χ2n) is 7.44. The third-order valence-corrected chi connectivity index (χ3v) is 7.11. The topological polar surface area (TPSA) is 57.6 Å². The largest absolute Gasteiger partial charge is 0.507 e. The molecule has 0 saturated carbocycles. The molecule has 1 atom stereocenters. The maximum Gasteiger partial charge on any atom is 0.300 e. The molecule has 0 bridgehead atoms. The molecular weight excluding hydrogens is 462 g/mol. The number of benzene rings is 2. The minimum absolute atomic E-state index is 0.115. The van der Waals surface area contributed by atoms with Crippen LogP contribution in [0.15, 0.2) is 64.0 Å². The van der Waals surface area contributed by atoms with Crippen LogP contribution in [0.25, 0.3) is 5.76 Å². The average Bonchev–Trinajstić information content (AvgIpc) is 3.31. The first kappa shape index (κ1) is 20.6. The molecule has 1 aliphatic heterocycles. The maximum absolute atomic E-state index is 13.1. The summed E-state index contributed by atoms with van der Waals surface area (Å²) in [5.74, 6) is -1.46. The summed E-state index contributed by atoms with van der Waals surface area (Å²) in [6.45, 7) is 5.81. The van der Waals surface area contributed by atoms with Crippen molar-refractivity contribution in [1.29, 1.82) is 0 Å². The van der Waals surface area contributed by atoms with E-state index in [1.54, 1.807) is 12.1 Å². The number of Topliss-reactive ketones (excluding diaryl/α,β-unsaturated/α-hetero) is 1. The maximum atomic E-state index is 13.1. The molecule has 0 spiro atoms. The first-order valence-corrected chi connectivity index (χ1v) is 11.1. The van der Waals surface area contributed by atoms with Crippen LogP contribution in [0.4, 0.5) is 5.69 Å². The van der Waals surface area contributed by atoms with Crippen molar-refractivity contribution < 1.29 is 14.7 Å². The van der Waals surface area contributed by atoms with E-state index in [-0.39, 0.29) is 11.3 Å².